The first kappa shape index (κ1) is 28.4. The van der Waals surface area contributed by atoms with Crippen LogP contribution in [0.15, 0.2) is 24.0 Å². The molecule has 11 nitrogen and oxygen atoms in total. The van der Waals surface area contributed by atoms with Crippen LogP contribution in [0.2, 0.25) is 0 Å². The third kappa shape index (κ3) is 4.44. The number of piperidine rings is 1. The lowest BCUT2D eigenvalue weighted by Gasteiger charge is -2.61. The number of rotatable bonds is 9. The molecule has 2 aliphatic heterocycles. The van der Waals surface area contributed by atoms with Gasteiger partial charge < -0.3 is 40.4 Å². The molecule has 1 amide bonds. The van der Waals surface area contributed by atoms with Crippen LogP contribution in [0.25, 0.3) is 0 Å². The number of likely N-dealkylation sites (N-methyl/N-ethyl adjacent to an activating group) is 1. The second-order valence-electron chi connectivity index (χ2n) is 11.9. The number of likely N-dealkylation sites (tertiary alicyclic amines) is 1. The van der Waals surface area contributed by atoms with E-state index in [9.17, 15) is 24.6 Å². The van der Waals surface area contributed by atoms with Gasteiger partial charge in [-0.1, -0.05) is 19.9 Å². The van der Waals surface area contributed by atoms with E-state index in [-0.39, 0.29) is 48.8 Å². The highest BCUT2D eigenvalue weighted by atomic mass is 16.6. The van der Waals surface area contributed by atoms with Gasteiger partial charge in [0.25, 0.3) is 0 Å². The molecule has 0 unspecified atom stereocenters. The highest BCUT2D eigenvalue weighted by molar-refractivity contribution is 5.83. The second kappa shape index (κ2) is 10.4. The summed E-state index contributed by atoms with van der Waals surface area (Å²) >= 11 is 0. The Morgan fingerprint density at radius 1 is 1.27 bits per heavy atom. The molecule has 1 aromatic rings. The molecule has 1 aromatic carbocycles. The van der Waals surface area contributed by atoms with Crippen LogP contribution in [-0.2, 0) is 35.7 Å². The molecule has 2 bridgehead atoms. The Labute approximate surface area is 233 Å². The molecule has 0 saturated carbocycles. The zero-order chi connectivity index (χ0) is 29.0. The summed E-state index contributed by atoms with van der Waals surface area (Å²) in [5, 5.41) is 25.4. The average molecular weight is 558 g/mol. The summed E-state index contributed by atoms with van der Waals surface area (Å²) in [6.07, 6.45) is 1.45. The summed E-state index contributed by atoms with van der Waals surface area (Å²) in [4.78, 5) is 39.6. The summed E-state index contributed by atoms with van der Waals surface area (Å²) in [5.74, 6) is -0.999. The highest BCUT2D eigenvalue weighted by Gasteiger charge is 2.72. The Hall–Kier alpha value is -3.15. The number of amides is 1. The molecule has 2 aliphatic carbocycles. The number of aliphatic hydroxyl groups is 1. The van der Waals surface area contributed by atoms with Crippen LogP contribution in [0, 0.1) is 5.92 Å². The van der Waals surface area contributed by atoms with Gasteiger partial charge in [-0.05, 0) is 63.4 Å². The topological polar surface area (TPSA) is 161 Å². The minimum Gasteiger partial charge on any atom is -0.504 e. The third-order valence-electron chi connectivity index (χ3n) is 8.90. The number of carbonyl (C=O) groups excluding carboxylic acids is 3. The summed E-state index contributed by atoms with van der Waals surface area (Å²) < 4.78 is 17.3. The van der Waals surface area contributed by atoms with E-state index >= 15 is 0 Å². The fourth-order valence-corrected chi connectivity index (χ4v) is 6.97. The van der Waals surface area contributed by atoms with Crippen molar-refractivity contribution in [3.8, 4) is 11.5 Å². The number of hydrogen-bond donors (Lipinski definition) is 4. The van der Waals surface area contributed by atoms with Crippen molar-refractivity contribution in [3.63, 3.8) is 0 Å². The van der Waals surface area contributed by atoms with Crippen LogP contribution in [-0.4, -0.2) is 83.0 Å². The van der Waals surface area contributed by atoms with Crippen molar-refractivity contribution in [1.82, 2.24) is 10.2 Å². The van der Waals surface area contributed by atoms with Crippen LogP contribution in [0.1, 0.15) is 57.6 Å². The smallest absolute Gasteiger partial charge is 0.352 e. The first-order chi connectivity index (χ1) is 18.9. The molecule has 5 rings (SSSR count). The quantitative estimate of drug-likeness (QED) is 0.323. The van der Waals surface area contributed by atoms with E-state index in [0.717, 1.165) is 11.1 Å². The number of nitrogens with two attached hydrogens (primary N) is 1. The van der Waals surface area contributed by atoms with Gasteiger partial charge in [-0.2, -0.15) is 0 Å². The molecule has 4 aliphatic rings. The Balaban J connectivity index is 1.25. The van der Waals surface area contributed by atoms with Gasteiger partial charge in [-0.25, -0.2) is 4.79 Å². The molecule has 1 spiro atoms. The summed E-state index contributed by atoms with van der Waals surface area (Å²) in [6.45, 7) is 6.08. The molecule has 6 atom stereocenters. The van der Waals surface area contributed by atoms with Crippen molar-refractivity contribution in [3.05, 3.63) is 35.1 Å². The number of nitrogens with one attached hydrogen (secondary N) is 1. The van der Waals surface area contributed by atoms with E-state index in [4.69, 9.17) is 19.9 Å². The normalized spacial score (nSPS) is 29.5. The lowest BCUT2D eigenvalue weighted by atomic mass is 9.50. The number of carbonyl (C=O) groups is 3. The number of hydrogen-bond acceptors (Lipinski definition) is 10. The Morgan fingerprint density at radius 2 is 2.02 bits per heavy atom. The maximum absolute atomic E-state index is 13.0. The van der Waals surface area contributed by atoms with E-state index in [1.807, 2.05) is 27.0 Å². The maximum atomic E-state index is 13.0. The average Bonchev–Trinajstić information content (AvgIpc) is 3.25. The lowest BCUT2D eigenvalue weighted by molar-refractivity contribution is -0.175. The summed E-state index contributed by atoms with van der Waals surface area (Å²) in [5.41, 5.74) is 5.58. The molecule has 218 valence electrons. The number of ether oxygens (including phenoxy) is 3. The largest absolute Gasteiger partial charge is 0.504 e. The first-order valence-corrected chi connectivity index (χ1v) is 14.0. The van der Waals surface area contributed by atoms with Gasteiger partial charge >= 0.3 is 11.9 Å². The van der Waals surface area contributed by atoms with Crippen molar-refractivity contribution in [2.75, 3.05) is 20.1 Å². The molecule has 11 heteroatoms. The van der Waals surface area contributed by atoms with Gasteiger partial charge in [-0.15, -0.1) is 0 Å². The van der Waals surface area contributed by atoms with Crippen molar-refractivity contribution < 1.29 is 38.8 Å². The van der Waals surface area contributed by atoms with Crippen molar-refractivity contribution in [2.45, 2.75) is 88.2 Å². The van der Waals surface area contributed by atoms with Gasteiger partial charge in [0.15, 0.2) is 23.7 Å². The molecule has 40 heavy (non-hydrogen) atoms. The summed E-state index contributed by atoms with van der Waals surface area (Å²) in [6, 6.07) is 2.65. The molecule has 1 fully saturated rings. The van der Waals surface area contributed by atoms with E-state index in [2.05, 4.69) is 10.2 Å². The number of phenolic OH excluding ortho intramolecular Hbond substituents is 1. The number of nitrogens with zero attached hydrogens (tertiary/aromatic N) is 1. The fraction of sp³-hybridized carbons (Fsp3) is 0.621. The van der Waals surface area contributed by atoms with E-state index in [0.29, 0.717) is 31.6 Å². The molecule has 0 radical (unpaired) electrons. The number of aromatic hydroxyl groups is 1. The Kier molecular flexibility index (Phi) is 7.35. The monoisotopic (exact) mass is 557 g/mol. The van der Waals surface area contributed by atoms with E-state index < -0.39 is 41.2 Å². The van der Waals surface area contributed by atoms with Gasteiger partial charge in [0.2, 0.25) is 5.91 Å². The number of esters is 2. The third-order valence-corrected chi connectivity index (χ3v) is 8.90. The Bertz CT molecular complexity index is 1250. The van der Waals surface area contributed by atoms with Gasteiger partial charge in [0, 0.05) is 24.6 Å². The minimum absolute atomic E-state index is 0.0209. The molecular formula is C29H39N3O8. The van der Waals surface area contributed by atoms with Crippen LogP contribution < -0.4 is 15.8 Å². The minimum atomic E-state index is -1.21. The van der Waals surface area contributed by atoms with Crippen LogP contribution >= 0.6 is 0 Å². The zero-order valence-corrected chi connectivity index (χ0v) is 23.4. The molecular weight excluding hydrogens is 518 g/mol. The standard InChI is InChI=1S/C29H39N3O8/c1-15(2)13-18(30)26(35)31-11-8-22(34)38-16(3)27(36)39-20-7-9-29(37)21-14-17-5-6-19(33)24-23(17)28(29,25(20)40-24)10-12-32(21)4/h5-7,15-16,18,21,25,33,37H,8-14,30H2,1-4H3,(H,31,35)/t16-,18-,21+,25-,28-,29+/m0/s1. The predicted octanol–water partition coefficient (Wildman–Crippen LogP) is 1.02. The maximum Gasteiger partial charge on any atom is 0.352 e. The highest BCUT2D eigenvalue weighted by Crippen LogP contribution is 2.65. The molecule has 2 heterocycles. The number of phenols is 1. The van der Waals surface area contributed by atoms with Gasteiger partial charge in [0.1, 0.15) is 5.76 Å². The fourth-order valence-electron chi connectivity index (χ4n) is 6.97. The zero-order valence-electron chi connectivity index (χ0n) is 23.4. The van der Waals surface area contributed by atoms with Crippen molar-refractivity contribution in [1.29, 1.82) is 0 Å². The SMILES string of the molecule is CC(C)C[C@H](N)C(=O)NCCC(=O)O[C@@H](C)C(=O)OC1=CC[C@@]2(O)[C@H]3Cc4ccc(O)c5c4[C@@]2(CCN3C)[C@H]1O5. The van der Waals surface area contributed by atoms with Crippen LogP contribution in [0.4, 0.5) is 0 Å². The van der Waals surface area contributed by atoms with Crippen molar-refractivity contribution in [2.24, 2.45) is 11.7 Å². The molecule has 0 aromatic heterocycles. The predicted molar refractivity (Wildman–Crippen MR) is 143 cm³/mol. The van der Waals surface area contributed by atoms with Crippen molar-refractivity contribution >= 4 is 17.8 Å². The van der Waals surface area contributed by atoms with Gasteiger partial charge in [-0.3, -0.25) is 9.59 Å². The molecule has 1 saturated heterocycles. The molecule has 5 N–H and O–H groups in total. The van der Waals surface area contributed by atoms with Gasteiger partial charge in [0.05, 0.1) is 23.5 Å². The lowest BCUT2D eigenvalue weighted by Crippen LogP contribution is -2.74. The Morgan fingerprint density at radius 3 is 2.75 bits per heavy atom. The van der Waals surface area contributed by atoms with Crippen LogP contribution in [0.5, 0.6) is 11.5 Å². The number of benzene rings is 1. The summed E-state index contributed by atoms with van der Waals surface area (Å²) in [7, 11) is 1.99. The first-order valence-electron chi connectivity index (χ1n) is 14.0. The van der Waals surface area contributed by atoms with E-state index in [1.165, 1.54) is 6.92 Å². The second-order valence-corrected chi connectivity index (χ2v) is 11.9. The van der Waals surface area contributed by atoms with Crippen LogP contribution in [0.3, 0.4) is 0 Å². The van der Waals surface area contributed by atoms with E-state index in [1.54, 1.807) is 12.1 Å².